The zero-order valence-corrected chi connectivity index (χ0v) is 49.5. The van der Waals surface area contributed by atoms with Crippen LogP contribution < -0.4 is 10.6 Å². The van der Waals surface area contributed by atoms with E-state index in [1.54, 1.807) is 48.6 Å². The maximum absolute atomic E-state index is 14.8. The monoisotopic (exact) mass is 1100 g/mol. The van der Waals surface area contributed by atoms with Gasteiger partial charge >= 0.3 is 5.97 Å². The number of amides is 7. The smallest absolute Gasteiger partial charge is 0.326 e. The van der Waals surface area contributed by atoms with E-state index in [1.807, 2.05) is 41.5 Å². The first-order valence-electron chi connectivity index (χ1n) is 28.0. The van der Waals surface area contributed by atoms with Gasteiger partial charge in [-0.2, -0.15) is 0 Å². The third kappa shape index (κ3) is 17.7. The maximum atomic E-state index is 14.8. The molecule has 10 atom stereocenters. The molecule has 0 radical (unpaired) electrons. The van der Waals surface area contributed by atoms with Crippen molar-refractivity contribution < 1.29 is 57.3 Å². The third-order valence-corrected chi connectivity index (χ3v) is 17.6. The van der Waals surface area contributed by atoms with E-state index in [-0.39, 0.29) is 94.5 Å². The van der Waals surface area contributed by atoms with Crippen LogP contribution in [0.2, 0.25) is 5.31 Å². The second-order valence-corrected chi connectivity index (χ2v) is 25.4. The van der Waals surface area contributed by atoms with E-state index < -0.39 is 71.9 Å². The summed E-state index contributed by atoms with van der Waals surface area (Å²) in [7, 11) is 8.40. The average molecular weight is 1100 g/mol. The lowest BCUT2D eigenvalue weighted by molar-refractivity contribution is -0.149. The Morgan fingerprint density at radius 3 is 2.14 bits per heavy atom. The van der Waals surface area contributed by atoms with Crippen LogP contribution in [0.5, 0.6) is 0 Å². The molecule has 3 fully saturated rings. The standard InChI is InChI=1S/C57H92BFN6O11S/c1-14-36(6)49(42(75-12)30-45(67)65-33-57(25-26-57)32-41(65)50(76-13)37(7)51(69)60-40(55(73)74)29-38-21-17-18-22-39(38)59)63(11)54(72)47(34(2)3)61-52(70)48(35(4)5)62(10)44(66)23-16-15-19-27-64-46(68)31-43(53(64)71)77-28-20-24-56(8,9)58/h17-18,21-22,34-37,40-43,47-50H,14-16,19-20,23-33,58H2,1-13H3,(H,60,69)(H,61,70)(H,73,74)/t36-,37+,40-,41-,42+,43?,47-,48?,49-,50?/m0/s1. The maximum Gasteiger partial charge on any atom is 0.326 e. The van der Waals surface area contributed by atoms with Crippen molar-refractivity contribution in [3.8, 4) is 0 Å². The molecule has 1 aliphatic carbocycles. The Kier molecular flexibility index (Phi) is 24.5. The van der Waals surface area contributed by atoms with Crippen LogP contribution in [0.4, 0.5) is 4.39 Å². The second-order valence-electron chi connectivity index (χ2n) is 24.1. The molecule has 2 heterocycles. The summed E-state index contributed by atoms with van der Waals surface area (Å²) >= 11 is 1.56. The molecule has 1 aromatic rings. The van der Waals surface area contributed by atoms with E-state index in [0.717, 1.165) is 31.4 Å². The zero-order valence-electron chi connectivity index (χ0n) is 48.7. The van der Waals surface area contributed by atoms with Crippen molar-refractivity contribution in [2.24, 2.45) is 29.1 Å². The number of hydrogen-bond acceptors (Lipinski definition) is 11. The van der Waals surface area contributed by atoms with Crippen LogP contribution in [-0.2, 0) is 54.3 Å². The van der Waals surface area contributed by atoms with E-state index in [4.69, 9.17) is 9.47 Å². The van der Waals surface area contributed by atoms with E-state index in [9.17, 15) is 47.9 Å². The number of likely N-dealkylation sites (N-methyl/N-ethyl adjacent to an activating group) is 2. The average Bonchev–Trinajstić information content (AvgIpc) is 3.94. The Morgan fingerprint density at radius 1 is 0.922 bits per heavy atom. The number of rotatable bonds is 32. The Morgan fingerprint density at radius 2 is 1.58 bits per heavy atom. The van der Waals surface area contributed by atoms with Crippen molar-refractivity contribution >= 4 is 66.9 Å². The lowest BCUT2D eigenvalue weighted by atomic mass is 9.70. The van der Waals surface area contributed by atoms with Crippen LogP contribution in [0.15, 0.2) is 24.3 Å². The van der Waals surface area contributed by atoms with Crippen molar-refractivity contribution in [2.75, 3.05) is 47.2 Å². The van der Waals surface area contributed by atoms with E-state index >= 15 is 0 Å². The molecule has 1 spiro atoms. The summed E-state index contributed by atoms with van der Waals surface area (Å²) in [6.45, 7) is 18.1. The number of carbonyl (C=O) groups excluding carboxylic acids is 7. The molecule has 3 unspecified atom stereocenters. The highest BCUT2D eigenvalue weighted by Gasteiger charge is 2.56. The summed E-state index contributed by atoms with van der Waals surface area (Å²) in [6.07, 6.45) is 5.13. The van der Waals surface area contributed by atoms with Crippen LogP contribution in [0.25, 0.3) is 0 Å². The third-order valence-electron chi connectivity index (χ3n) is 16.3. The summed E-state index contributed by atoms with van der Waals surface area (Å²) < 4.78 is 26.6. The number of likely N-dealkylation sites (tertiary alicyclic amines) is 2. The largest absolute Gasteiger partial charge is 0.480 e. The molecule has 0 aromatic heterocycles. The molecule has 3 N–H and O–H groups in total. The van der Waals surface area contributed by atoms with Crippen molar-refractivity contribution in [1.29, 1.82) is 0 Å². The number of imide groups is 1. The van der Waals surface area contributed by atoms with Gasteiger partial charge in [-0.3, -0.25) is 38.5 Å². The lowest BCUT2D eigenvalue weighted by Gasteiger charge is -2.41. The van der Waals surface area contributed by atoms with Crippen LogP contribution in [0, 0.1) is 34.9 Å². The van der Waals surface area contributed by atoms with Crippen molar-refractivity contribution in [3.63, 3.8) is 0 Å². The predicted octanol–water partition coefficient (Wildman–Crippen LogP) is 5.90. The lowest BCUT2D eigenvalue weighted by Crippen LogP contribution is -2.60. The first kappa shape index (κ1) is 65.0. The molecular weight excluding hydrogens is 1010 g/mol. The van der Waals surface area contributed by atoms with Crippen LogP contribution in [0.1, 0.15) is 145 Å². The number of hydrogen-bond donors (Lipinski definition) is 3. The fraction of sp³-hybridized carbons (Fsp3) is 0.754. The number of carboxylic acids is 1. The molecule has 4 rings (SSSR count). The topological polar surface area (TPSA) is 212 Å². The van der Waals surface area contributed by atoms with Gasteiger partial charge in [-0.05, 0) is 79.1 Å². The Balaban J connectivity index is 1.40. The van der Waals surface area contributed by atoms with E-state index in [1.165, 1.54) is 42.2 Å². The van der Waals surface area contributed by atoms with Crippen molar-refractivity contribution in [1.82, 2.24) is 30.2 Å². The SMILES string of the molecule is BC(C)(C)CCCSC1CC(=O)N(CCCCCC(=O)N(C)C(C(=O)N[C@H](C(=O)N(C)[C@@H]([C@@H](C)CC)[C@@H](CC(=O)N2CC3(CC3)C[C@H]2C(OC)[C@@H](C)C(=O)N[C@@H](Cc2ccccc2F)C(=O)O)OC)C(C)C)C(C)C)C1=O. The number of methoxy groups -OCH3 is 2. The number of halogens is 1. The van der Waals surface area contributed by atoms with Gasteiger partial charge in [0.15, 0.2) is 0 Å². The van der Waals surface area contributed by atoms with Gasteiger partial charge < -0.3 is 39.9 Å². The number of nitrogens with one attached hydrogen (secondary N) is 2. The molecule has 0 bridgehead atoms. The fourth-order valence-electron chi connectivity index (χ4n) is 11.3. The summed E-state index contributed by atoms with van der Waals surface area (Å²) in [5.41, 5.74) is 0.00605. The van der Waals surface area contributed by atoms with Gasteiger partial charge in [-0.25, -0.2) is 9.18 Å². The number of carbonyl (C=O) groups is 8. The molecule has 20 heteroatoms. The van der Waals surface area contributed by atoms with Gasteiger partial charge in [0, 0.05) is 60.7 Å². The first-order chi connectivity index (χ1) is 36.1. The number of benzene rings is 1. The Labute approximate surface area is 463 Å². The first-order valence-corrected chi connectivity index (χ1v) is 29.1. The van der Waals surface area contributed by atoms with Crippen molar-refractivity contribution in [2.45, 2.75) is 199 Å². The number of thioether (sulfide) groups is 1. The van der Waals surface area contributed by atoms with Gasteiger partial charge in [0.25, 0.3) is 0 Å². The molecule has 7 amide bonds. The minimum absolute atomic E-state index is 0.108. The molecule has 2 saturated heterocycles. The summed E-state index contributed by atoms with van der Waals surface area (Å²) in [4.78, 5) is 115. The normalized spacial score (nSPS) is 20.4. The summed E-state index contributed by atoms with van der Waals surface area (Å²) in [6, 6.07) is 1.36. The van der Waals surface area contributed by atoms with Crippen LogP contribution in [-0.4, -0.2) is 175 Å². The van der Waals surface area contributed by atoms with Gasteiger partial charge in [-0.15, -0.1) is 11.8 Å². The molecule has 1 aromatic carbocycles. The molecule has 3 aliphatic rings. The fourth-order valence-corrected chi connectivity index (χ4v) is 12.4. The van der Waals surface area contributed by atoms with Gasteiger partial charge in [0.1, 0.15) is 31.8 Å². The molecule has 2 aliphatic heterocycles. The summed E-state index contributed by atoms with van der Waals surface area (Å²) in [5.74, 6) is -5.02. The minimum atomic E-state index is -1.41. The highest BCUT2D eigenvalue weighted by molar-refractivity contribution is 8.00. The molecule has 432 valence electrons. The number of ether oxygens (including phenoxy) is 2. The second kappa shape index (κ2) is 29.1. The number of aliphatic carboxylic acids is 1. The van der Waals surface area contributed by atoms with Gasteiger partial charge in [0.05, 0.1) is 41.9 Å². The summed E-state index contributed by atoms with van der Waals surface area (Å²) in [5, 5.41) is 15.5. The van der Waals surface area contributed by atoms with Gasteiger partial charge in [0.2, 0.25) is 41.4 Å². The Bertz CT molecular complexity index is 2210. The van der Waals surface area contributed by atoms with Crippen LogP contribution in [0.3, 0.4) is 0 Å². The minimum Gasteiger partial charge on any atom is -0.480 e. The molecule has 1 saturated carbocycles. The number of nitrogens with zero attached hydrogens (tertiary/aromatic N) is 4. The molecular formula is C57H92BFN6O11S. The highest BCUT2D eigenvalue weighted by atomic mass is 32.2. The Hall–Kier alpha value is -4.56. The molecule has 77 heavy (non-hydrogen) atoms. The predicted molar refractivity (Wildman–Crippen MR) is 299 cm³/mol. The number of unbranched alkanes of at least 4 members (excludes halogenated alkanes) is 2. The van der Waals surface area contributed by atoms with Gasteiger partial charge in [-0.1, -0.05) is 105 Å². The highest BCUT2D eigenvalue weighted by Crippen LogP contribution is 2.56. The van der Waals surface area contributed by atoms with E-state index in [2.05, 4.69) is 32.3 Å². The van der Waals surface area contributed by atoms with Crippen molar-refractivity contribution in [3.05, 3.63) is 35.6 Å². The molecule has 17 nitrogen and oxygen atoms in total. The number of carboxylic acid groups (broad SMARTS) is 1. The van der Waals surface area contributed by atoms with Crippen LogP contribution >= 0.6 is 11.8 Å². The van der Waals surface area contributed by atoms with E-state index in [0.29, 0.717) is 45.2 Å². The zero-order chi connectivity index (χ0) is 57.7. The quantitative estimate of drug-likeness (QED) is 0.0437.